The highest BCUT2D eigenvalue weighted by Gasteiger charge is 2.15. The Kier molecular flexibility index (Phi) is 5.38. The Morgan fingerprint density at radius 2 is 2.21 bits per heavy atom. The number of benzene rings is 1. The van der Waals surface area contributed by atoms with Crippen LogP contribution < -0.4 is 5.32 Å². The summed E-state index contributed by atoms with van der Waals surface area (Å²) in [6.07, 6.45) is 1.46. The van der Waals surface area contributed by atoms with Crippen molar-refractivity contribution < 1.29 is 14.7 Å². The molecule has 2 amide bonds. The number of anilines is 1. The van der Waals surface area contributed by atoms with E-state index in [4.69, 9.17) is 16.7 Å². The maximum atomic E-state index is 11.9. The Hall–Kier alpha value is -2.01. The van der Waals surface area contributed by atoms with Crippen LogP contribution in [0.5, 0.6) is 0 Å². The first-order valence-electron chi connectivity index (χ1n) is 5.58. The first-order chi connectivity index (χ1) is 8.93. The maximum Gasteiger partial charge on any atom is 0.323 e. The zero-order valence-corrected chi connectivity index (χ0v) is 11.3. The average Bonchev–Trinajstić information content (AvgIpc) is 2.33. The van der Waals surface area contributed by atoms with Crippen LogP contribution in [0.2, 0.25) is 5.02 Å². The van der Waals surface area contributed by atoms with Crippen molar-refractivity contribution in [2.24, 2.45) is 0 Å². The minimum Gasteiger partial charge on any atom is -0.480 e. The lowest BCUT2D eigenvalue weighted by Crippen LogP contribution is -2.38. The number of nitrogens with one attached hydrogen (secondary N) is 1. The van der Waals surface area contributed by atoms with Crippen molar-refractivity contribution in [3.8, 4) is 0 Å². The molecule has 19 heavy (non-hydrogen) atoms. The number of rotatable bonds is 5. The molecule has 0 heterocycles. The predicted molar refractivity (Wildman–Crippen MR) is 74.6 cm³/mol. The highest BCUT2D eigenvalue weighted by molar-refractivity contribution is 6.31. The van der Waals surface area contributed by atoms with Crippen LogP contribution in [0.4, 0.5) is 10.5 Å². The lowest BCUT2D eigenvalue weighted by Gasteiger charge is -2.19. The Labute approximate surface area is 116 Å². The summed E-state index contributed by atoms with van der Waals surface area (Å²) in [6.45, 7) is 5.10. The molecule has 1 rings (SSSR count). The largest absolute Gasteiger partial charge is 0.480 e. The molecule has 0 saturated carbocycles. The number of aliphatic carboxylic acids is 1. The molecule has 0 aromatic heterocycles. The van der Waals surface area contributed by atoms with Crippen LogP contribution in [0.25, 0.3) is 0 Å². The van der Waals surface area contributed by atoms with E-state index in [1.54, 1.807) is 18.2 Å². The lowest BCUT2D eigenvalue weighted by atomic mass is 10.2. The number of halogens is 1. The van der Waals surface area contributed by atoms with Gasteiger partial charge >= 0.3 is 12.0 Å². The van der Waals surface area contributed by atoms with Gasteiger partial charge in [-0.1, -0.05) is 23.7 Å². The van der Waals surface area contributed by atoms with Gasteiger partial charge in [0.1, 0.15) is 6.54 Å². The number of urea groups is 1. The van der Waals surface area contributed by atoms with Gasteiger partial charge < -0.3 is 15.3 Å². The molecular weight excluding hydrogens is 268 g/mol. The highest BCUT2D eigenvalue weighted by atomic mass is 35.5. The highest BCUT2D eigenvalue weighted by Crippen LogP contribution is 2.20. The first-order valence-corrected chi connectivity index (χ1v) is 5.96. The molecule has 1 aromatic rings. The molecule has 102 valence electrons. The molecule has 5 nitrogen and oxygen atoms in total. The van der Waals surface area contributed by atoms with Gasteiger partial charge in [0, 0.05) is 17.3 Å². The van der Waals surface area contributed by atoms with E-state index in [9.17, 15) is 9.59 Å². The number of carbonyl (C=O) groups excluding carboxylic acids is 1. The fraction of sp³-hybridized carbons (Fsp3) is 0.231. The zero-order chi connectivity index (χ0) is 14.4. The van der Waals surface area contributed by atoms with Crippen molar-refractivity contribution in [2.45, 2.75) is 6.92 Å². The normalized spacial score (nSPS) is 9.79. The van der Waals surface area contributed by atoms with Gasteiger partial charge in [0.25, 0.3) is 0 Å². The molecule has 2 N–H and O–H groups in total. The number of carboxylic acid groups (broad SMARTS) is 1. The first kappa shape index (κ1) is 15.0. The van der Waals surface area contributed by atoms with E-state index in [2.05, 4.69) is 11.9 Å². The van der Waals surface area contributed by atoms with Crippen LogP contribution in [-0.2, 0) is 4.79 Å². The van der Waals surface area contributed by atoms with Crippen LogP contribution in [0.1, 0.15) is 5.56 Å². The fourth-order valence-corrected chi connectivity index (χ4v) is 1.59. The van der Waals surface area contributed by atoms with Crippen molar-refractivity contribution in [1.82, 2.24) is 4.90 Å². The minimum atomic E-state index is -1.08. The number of amides is 2. The van der Waals surface area contributed by atoms with Crippen LogP contribution in [0.15, 0.2) is 30.9 Å². The van der Waals surface area contributed by atoms with Crippen molar-refractivity contribution in [1.29, 1.82) is 0 Å². The molecular formula is C13H15ClN2O3. The Morgan fingerprint density at radius 1 is 1.53 bits per heavy atom. The average molecular weight is 283 g/mol. The summed E-state index contributed by atoms with van der Waals surface area (Å²) < 4.78 is 0. The SMILES string of the molecule is C=CCN(CC(=O)O)C(=O)Nc1ccc(C)c(Cl)c1. The maximum absolute atomic E-state index is 11.9. The molecule has 0 fully saturated rings. The van der Waals surface area contributed by atoms with Crippen LogP contribution in [-0.4, -0.2) is 35.1 Å². The minimum absolute atomic E-state index is 0.151. The second kappa shape index (κ2) is 6.80. The number of carboxylic acids is 1. The lowest BCUT2D eigenvalue weighted by molar-refractivity contribution is -0.137. The van der Waals surface area contributed by atoms with Crippen LogP contribution >= 0.6 is 11.6 Å². The summed E-state index contributed by atoms with van der Waals surface area (Å²) >= 11 is 5.95. The molecule has 1 aromatic carbocycles. The monoisotopic (exact) mass is 282 g/mol. The van der Waals surface area contributed by atoms with E-state index < -0.39 is 18.5 Å². The van der Waals surface area contributed by atoms with Crippen molar-refractivity contribution in [2.75, 3.05) is 18.4 Å². The van der Waals surface area contributed by atoms with Gasteiger partial charge in [0.15, 0.2) is 0 Å². The topological polar surface area (TPSA) is 69.6 Å². The van der Waals surface area contributed by atoms with Crippen molar-refractivity contribution in [3.05, 3.63) is 41.4 Å². The number of carbonyl (C=O) groups is 2. The molecule has 0 unspecified atom stereocenters. The van der Waals surface area contributed by atoms with Gasteiger partial charge in [0.2, 0.25) is 0 Å². The van der Waals surface area contributed by atoms with Gasteiger partial charge in [-0.3, -0.25) is 4.79 Å². The van der Waals surface area contributed by atoms with E-state index >= 15 is 0 Å². The number of hydrogen-bond donors (Lipinski definition) is 2. The molecule has 0 aliphatic heterocycles. The van der Waals surface area contributed by atoms with Crippen LogP contribution in [0, 0.1) is 6.92 Å². The van der Waals surface area contributed by atoms with Gasteiger partial charge in [-0.2, -0.15) is 0 Å². The zero-order valence-electron chi connectivity index (χ0n) is 10.5. The smallest absolute Gasteiger partial charge is 0.323 e. The third-order valence-electron chi connectivity index (χ3n) is 2.39. The van der Waals surface area contributed by atoms with Crippen molar-refractivity contribution in [3.63, 3.8) is 0 Å². The summed E-state index contributed by atoms with van der Waals surface area (Å²) in [5, 5.41) is 11.9. The molecule has 0 aliphatic carbocycles. The number of nitrogens with zero attached hydrogens (tertiary/aromatic N) is 1. The fourth-order valence-electron chi connectivity index (χ4n) is 1.41. The van der Waals surface area contributed by atoms with E-state index in [0.29, 0.717) is 10.7 Å². The third kappa shape index (κ3) is 4.63. The predicted octanol–water partition coefficient (Wildman–Crippen LogP) is 2.75. The second-order valence-electron chi connectivity index (χ2n) is 3.96. The quantitative estimate of drug-likeness (QED) is 0.816. The molecule has 0 bridgehead atoms. The molecule has 0 saturated heterocycles. The van der Waals surface area contributed by atoms with E-state index in [0.717, 1.165) is 10.5 Å². The van der Waals surface area contributed by atoms with E-state index in [1.165, 1.54) is 6.08 Å². The third-order valence-corrected chi connectivity index (χ3v) is 2.79. The Morgan fingerprint density at radius 3 is 2.74 bits per heavy atom. The molecule has 0 aliphatic rings. The standard InChI is InChI=1S/C13H15ClN2O3/c1-3-6-16(8-12(17)18)13(19)15-10-5-4-9(2)11(14)7-10/h3-5,7H,1,6,8H2,2H3,(H,15,19)(H,17,18). The van der Waals surface area contributed by atoms with Gasteiger partial charge in [-0.15, -0.1) is 6.58 Å². The molecule has 0 radical (unpaired) electrons. The van der Waals surface area contributed by atoms with Crippen LogP contribution in [0.3, 0.4) is 0 Å². The van der Waals surface area contributed by atoms with Gasteiger partial charge in [-0.25, -0.2) is 4.79 Å². The van der Waals surface area contributed by atoms with E-state index in [-0.39, 0.29) is 6.54 Å². The Bertz CT molecular complexity index is 503. The summed E-state index contributed by atoms with van der Waals surface area (Å²) in [5.74, 6) is -1.08. The summed E-state index contributed by atoms with van der Waals surface area (Å²) in [4.78, 5) is 23.7. The molecule has 0 spiro atoms. The molecule has 0 atom stereocenters. The van der Waals surface area contributed by atoms with Gasteiger partial charge in [0.05, 0.1) is 0 Å². The van der Waals surface area contributed by atoms with Crippen molar-refractivity contribution >= 4 is 29.3 Å². The summed E-state index contributed by atoms with van der Waals surface area (Å²) in [5.41, 5.74) is 1.41. The second-order valence-corrected chi connectivity index (χ2v) is 4.36. The summed E-state index contributed by atoms with van der Waals surface area (Å²) in [6, 6.07) is 4.57. The molecule has 6 heteroatoms. The Balaban J connectivity index is 2.77. The van der Waals surface area contributed by atoms with Gasteiger partial charge in [-0.05, 0) is 24.6 Å². The number of hydrogen-bond acceptors (Lipinski definition) is 2. The van der Waals surface area contributed by atoms with E-state index in [1.807, 2.05) is 6.92 Å². The summed E-state index contributed by atoms with van der Waals surface area (Å²) in [7, 11) is 0. The number of aryl methyl sites for hydroxylation is 1.